The second-order valence-electron chi connectivity index (χ2n) is 4.73. The minimum Gasteiger partial charge on any atom is -0.334 e. The minimum absolute atomic E-state index is 0.0395. The Labute approximate surface area is 109 Å². The SMILES string of the molecule is NCCC1CCCCN1C(=O)c1cc(=O)[nH]c(=O)[nH]1. The van der Waals surface area contributed by atoms with Gasteiger partial charge in [-0.2, -0.15) is 0 Å². The number of amides is 1. The van der Waals surface area contributed by atoms with Crippen molar-refractivity contribution >= 4 is 5.91 Å². The first-order valence-corrected chi connectivity index (χ1v) is 6.46. The highest BCUT2D eigenvalue weighted by Crippen LogP contribution is 2.20. The zero-order valence-electron chi connectivity index (χ0n) is 10.6. The normalized spacial score (nSPS) is 19.4. The molecule has 2 rings (SSSR count). The van der Waals surface area contributed by atoms with Crippen molar-refractivity contribution in [1.82, 2.24) is 14.9 Å². The lowest BCUT2D eigenvalue weighted by Crippen LogP contribution is -2.45. The summed E-state index contributed by atoms with van der Waals surface area (Å²) in [7, 11) is 0. The van der Waals surface area contributed by atoms with Crippen LogP contribution in [-0.4, -0.2) is 39.9 Å². The Kier molecular flexibility index (Phi) is 4.16. The van der Waals surface area contributed by atoms with E-state index >= 15 is 0 Å². The van der Waals surface area contributed by atoms with Crippen molar-refractivity contribution in [3.05, 3.63) is 32.6 Å². The Balaban J connectivity index is 2.25. The van der Waals surface area contributed by atoms with Crippen LogP contribution in [0.3, 0.4) is 0 Å². The maximum Gasteiger partial charge on any atom is 0.326 e. The number of aromatic nitrogens is 2. The predicted octanol–water partition coefficient (Wildman–Crippen LogP) is -0.593. The summed E-state index contributed by atoms with van der Waals surface area (Å²) >= 11 is 0. The van der Waals surface area contributed by atoms with Gasteiger partial charge in [-0.1, -0.05) is 0 Å². The summed E-state index contributed by atoms with van der Waals surface area (Å²) in [6.45, 7) is 1.15. The topological polar surface area (TPSA) is 112 Å². The number of nitrogens with zero attached hydrogens (tertiary/aromatic N) is 1. The van der Waals surface area contributed by atoms with Crippen molar-refractivity contribution in [3.63, 3.8) is 0 Å². The van der Waals surface area contributed by atoms with Crippen LogP contribution in [0.25, 0.3) is 0 Å². The zero-order valence-corrected chi connectivity index (χ0v) is 10.6. The van der Waals surface area contributed by atoms with Gasteiger partial charge in [-0.15, -0.1) is 0 Å². The van der Waals surface area contributed by atoms with Crippen LogP contribution in [-0.2, 0) is 0 Å². The van der Waals surface area contributed by atoms with Crippen LogP contribution in [0.2, 0.25) is 0 Å². The summed E-state index contributed by atoms with van der Waals surface area (Å²) in [4.78, 5) is 40.9. The van der Waals surface area contributed by atoms with Crippen LogP contribution < -0.4 is 17.0 Å². The second-order valence-corrected chi connectivity index (χ2v) is 4.73. The lowest BCUT2D eigenvalue weighted by molar-refractivity contribution is 0.0598. The van der Waals surface area contributed by atoms with Crippen LogP contribution in [0.5, 0.6) is 0 Å². The molecule has 1 aliphatic heterocycles. The van der Waals surface area contributed by atoms with E-state index in [1.54, 1.807) is 4.90 Å². The fourth-order valence-corrected chi connectivity index (χ4v) is 2.50. The summed E-state index contributed by atoms with van der Waals surface area (Å²) in [6, 6.07) is 1.21. The summed E-state index contributed by atoms with van der Waals surface area (Å²) in [5, 5.41) is 0. The van der Waals surface area contributed by atoms with E-state index < -0.39 is 11.2 Å². The van der Waals surface area contributed by atoms with Gasteiger partial charge in [-0.05, 0) is 32.2 Å². The molecule has 4 N–H and O–H groups in total. The number of carbonyl (C=O) groups is 1. The average molecular weight is 266 g/mol. The molecule has 0 aromatic carbocycles. The maximum atomic E-state index is 12.4. The first-order valence-electron chi connectivity index (χ1n) is 6.46. The van der Waals surface area contributed by atoms with Crippen LogP contribution in [0.15, 0.2) is 15.7 Å². The molecular weight excluding hydrogens is 248 g/mol. The standard InChI is InChI=1S/C12H18N4O3/c13-5-4-8-3-1-2-6-16(8)11(18)9-7-10(17)15-12(19)14-9/h7-8H,1-6,13H2,(H2,14,15,17,19). The maximum absolute atomic E-state index is 12.4. The van der Waals surface area contributed by atoms with Crippen LogP contribution in [0, 0.1) is 0 Å². The van der Waals surface area contributed by atoms with E-state index in [-0.39, 0.29) is 17.6 Å². The number of hydrogen-bond acceptors (Lipinski definition) is 4. The second kappa shape index (κ2) is 5.83. The van der Waals surface area contributed by atoms with E-state index in [0.717, 1.165) is 31.7 Å². The molecule has 1 fully saturated rings. The third-order valence-electron chi connectivity index (χ3n) is 3.38. The van der Waals surface area contributed by atoms with Gasteiger partial charge in [0.1, 0.15) is 5.69 Å². The Bertz CT molecular complexity index is 532. The molecular formula is C12H18N4O3. The van der Waals surface area contributed by atoms with Gasteiger partial charge < -0.3 is 15.6 Å². The summed E-state index contributed by atoms with van der Waals surface area (Å²) in [5.74, 6) is -0.304. The van der Waals surface area contributed by atoms with E-state index in [0.29, 0.717) is 13.1 Å². The van der Waals surface area contributed by atoms with Gasteiger partial charge in [0.05, 0.1) is 0 Å². The smallest absolute Gasteiger partial charge is 0.326 e. The minimum atomic E-state index is -0.664. The van der Waals surface area contributed by atoms with Gasteiger partial charge in [0.2, 0.25) is 0 Å². The third kappa shape index (κ3) is 3.11. The first kappa shape index (κ1) is 13.5. The van der Waals surface area contributed by atoms with E-state index in [9.17, 15) is 14.4 Å². The molecule has 2 heterocycles. The Hall–Kier alpha value is -1.89. The van der Waals surface area contributed by atoms with Crippen LogP contribution >= 0.6 is 0 Å². The Morgan fingerprint density at radius 1 is 1.37 bits per heavy atom. The first-order chi connectivity index (χ1) is 9.11. The number of nitrogens with one attached hydrogen (secondary N) is 2. The molecule has 0 aliphatic carbocycles. The highest BCUT2D eigenvalue weighted by Gasteiger charge is 2.27. The van der Waals surface area contributed by atoms with Crippen molar-refractivity contribution in [2.24, 2.45) is 5.73 Å². The molecule has 19 heavy (non-hydrogen) atoms. The van der Waals surface area contributed by atoms with Crippen molar-refractivity contribution in [2.75, 3.05) is 13.1 Å². The number of piperidine rings is 1. The molecule has 0 radical (unpaired) electrons. The molecule has 0 bridgehead atoms. The zero-order chi connectivity index (χ0) is 13.8. The quantitative estimate of drug-likeness (QED) is 0.678. The molecule has 1 saturated heterocycles. The van der Waals surface area contributed by atoms with Gasteiger partial charge in [0.15, 0.2) is 0 Å². The number of likely N-dealkylation sites (tertiary alicyclic amines) is 1. The van der Waals surface area contributed by atoms with Gasteiger partial charge >= 0.3 is 5.69 Å². The van der Waals surface area contributed by atoms with Crippen molar-refractivity contribution in [1.29, 1.82) is 0 Å². The van der Waals surface area contributed by atoms with Crippen LogP contribution in [0.4, 0.5) is 0 Å². The molecule has 1 aromatic heterocycles. The molecule has 7 heteroatoms. The van der Waals surface area contributed by atoms with Gasteiger partial charge in [-0.3, -0.25) is 14.6 Å². The van der Waals surface area contributed by atoms with Crippen LogP contribution in [0.1, 0.15) is 36.2 Å². The molecule has 1 atom stereocenters. The largest absolute Gasteiger partial charge is 0.334 e. The third-order valence-corrected chi connectivity index (χ3v) is 3.38. The van der Waals surface area contributed by atoms with E-state index in [2.05, 4.69) is 4.98 Å². The van der Waals surface area contributed by atoms with Gasteiger partial charge in [0, 0.05) is 18.7 Å². The molecule has 1 aliphatic rings. The molecule has 1 unspecified atom stereocenters. The fraction of sp³-hybridized carbons (Fsp3) is 0.583. The molecule has 0 saturated carbocycles. The van der Waals surface area contributed by atoms with Gasteiger partial charge in [-0.25, -0.2) is 4.79 Å². The van der Waals surface area contributed by atoms with Crippen molar-refractivity contribution in [3.8, 4) is 0 Å². The van der Waals surface area contributed by atoms with Crippen molar-refractivity contribution in [2.45, 2.75) is 31.7 Å². The van der Waals surface area contributed by atoms with Gasteiger partial charge in [0.25, 0.3) is 11.5 Å². The molecule has 0 spiro atoms. The molecule has 7 nitrogen and oxygen atoms in total. The summed E-state index contributed by atoms with van der Waals surface area (Å²) < 4.78 is 0. The number of aromatic amines is 2. The number of H-pyrrole nitrogens is 2. The number of nitrogens with two attached hydrogens (primary N) is 1. The Morgan fingerprint density at radius 3 is 2.84 bits per heavy atom. The highest BCUT2D eigenvalue weighted by atomic mass is 16.2. The molecule has 104 valence electrons. The average Bonchev–Trinajstić information content (AvgIpc) is 2.38. The fourth-order valence-electron chi connectivity index (χ4n) is 2.50. The molecule has 1 amide bonds. The number of hydrogen-bond donors (Lipinski definition) is 3. The number of rotatable bonds is 3. The Morgan fingerprint density at radius 2 is 2.16 bits per heavy atom. The molecule has 1 aromatic rings. The summed E-state index contributed by atoms with van der Waals surface area (Å²) in [5.41, 5.74) is 4.36. The van der Waals surface area contributed by atoms with E-state index in [1.165, 1.54) is 0 Å². The lowest BCUT2D eigenvalue weighted by atomic mass is 9.99. The lowest BCUT2D eigenvalue weighted by Gasteiger charge is -2.35. The number of carbonyl (C=O) groups excluding carboxylic acids is 1. The van der Waals surface area contributed by atoms with Crippen molar-refractivity contribution < 1.29 is 4.79 Å². The monoisotopic (exact) mass is 266 g/mol. The summed E-state index contributed by atoms with van der Waals surface area (Å²) in [6.07, 6.45) is 3.65. The van der Waals surface area contributed by atoms with E-state index in [1.807, 2.05) is 4.98 Å². The van der Waals surface area contributed by atoms with E-state index in [4.69, 9.17) is 5.73 Å². The predicted molar refractivity (Wildman–Crippen MR) is 70.0 cm³/mol. The highest BCUT2D eigenvalue weighted by molar-refractivity contribution is 5.92.